The van der Waals surface area contributed by atoms with Crippen molar-refractivity contribution >= 4 is 17.2 Å². The molecule has 0 bridgehead atoms. The average Bonchev–Trinajstić information content (AvgIpc) is 3.01. The normalized spacial score (nSPS) is 32.0. The molecule has 4 rings (SSSR count). The Morgan fingerprint density at radius 3 is 3.00 bits per heavy atom. The molecule has 22 heavy (non-hydrogen) atoms. The summed E-state index contributed by atoms with van der Waals surface area (Å²) >= 11 is 1.86. The summed E-state index contributed by atoms with van der Waals surface area (Å²) in [6.45, 7) is 4.82. The van der Waals surface area contributed by atoms with E-state index in [1.807, 2.05) is 11.3 Å². The predicted octanol–water partition coefficient (Wildman–Crippen LogP) is 2.31. The highest BCUT2D eigenvalue weighted by Gasteiger charge is 2.42. The van der Waals surface area contributed by atoms with Crippen LogP contribution in [0.15, 0.2) is 12.1 Å². The number of thiophene rings is 1. The van der Waals surface area contributed by atoms with E-state index in [4.69, 9.17) is 4.74 Å². The van der Waals surface area contributed by atoms with Crippen LogP contribution in [0.3, 0.4) is 0 Å². The first-order valence-electron chi connectivity index (χ1n) is 8.40. The number of aryl methyl sites for hydroxylation is 1. The van der Waals surface area contributed by atoms with Gasteiger partial charge in [0.1, 0.15) is 0 Å². The lowest BCUT2D eigenvalue weighted by Crippen LogP contribution is -2.52. The van der Waals surface area contributed by atoms with Gasteiger partial charge in [-0.2, -0.15) is 0 Å². The molecule has 0 aromatic carbocycles. The van der Waals surface area contributed by atoms with Crippen molar-refractivity contribution in [1.82, 2.24) is 10.2 Å². The molecule has 1 aromatic heterocycles. The fraction of sp³-hybridized carbons (Fsp3) is 0.706. The number of amides is 1. The van der Waals surface area contributed by atoms with Gasteiger partial charge < -0.3 is 10.1 Å². The van der Waals surface area contributed by atoms with E-state index in [1.54, 1.807) is 0 Å². The summed E-state index contributed by atoms with van der Waals surface area (Å²) in [6.07, 6.45) is 4.54. The maximum Gasteiger partial charge on any atom is 0.224 e. The van der Waals surface area contributed by atoms with Crippen LogP contribution in [0.2, 0.25) is 0 Å². The lowest BCUT2D eigenvalue weighted by Gasteiger charge is -2.40. The molecule has 3 aliphatic rings. The molecule has 0 unspecified atom stereocenters. The van der Waals surface area contributed by atoms with Gasteiger partial charge >= 0.3 is 0 Å². The first-order valence-corrected chi connectivity index (χ1v) is 9.22. The third kappa shape index (κ3) is 3.07. The number of carbonyl (C=O) groups excluding carboxylic acids is 1. The fourth-order valence-corrected chi connectivity index (χ4v) is 4.66. The minimum atomic E-state index is 0.0843. The molecule has 1 N–H and O–H groups in total. The Morgan fingerprint density at radius 1 is 1.41 bits per heavy atom. The molecule has 1 aliphatic carbocycles. The van der Waals surface area contributed by atoms with Crippen LogP contribution in [-0.2, 0) is 16.1 Å². The minimum Gasteiger partial charge on any atom is -0.377 e. The van der Waals surface area contributed by atoms with Gasteiger partial charge in [-0.15, -0.1) is 11.3 Å². The SMILES string of the molecule is Cc1ccc(CN2C[C@@H](C(=O)NC3CC3)C[C@@H]3OCC[C@@H]32)s1. The van der Waals surface area contributed by atoms with E-state index in [0.29, 0.717) is 12.1 Å². The Balaban J connectivity index is 1.46. The van der Waals surface area contributed by atoms with Gasteiger partial charge in [0.15, 0.2) is 0 Å². The van der Waals surface area contributed by atoms with Crippen molar-refractivity contribution in [1.29, 1.82) is 0 Å². The predicted molar refractivity (Wildman–Crippen MR) is 86.9 cm³/mol. The van der Waals surface area contributed by atoms with Gasteiger partial charge in [-0.25, -0.2) is 0 Å². The largest absolute Gasteiger partial charge is 0.377 e. The summed E-state index contributed by atoms with van der Waals surface area (Å²) < 4.78 is 5.91. The van der Waals surface area contributed by atoms with Crippen LogP contribution in [0, 0.1) is 12.8 Å². The second kappa shape index (κ2) is 5.95. The van der Waals surface area contributed by atoms with Gasteiger partial charge in [0.25, 0.3) is 0 Å². The molecule has 3 atom stereocenters. The van der Waals surface area contributed by atoms with Crippen molar-refractivity contribution in [3.8, 4) is 0 Å². The molecule has 0 spiro atoms. The highest BCUT2D eigenvalue weighted by molar-refractivity contribution is 7.11. The maximum absolute atomic E-state index is 12.4. The van der Waals surface area contributed by atoms with Crippen LogP contribution in [0.5, 0.6) is 0 Å². The summed E-state index contributed by atoms with van der Waals surface area (Å²) in [5, 5.41) is 3.17. The second-order valence-electron chi connectivity index (χ2n) is 6.92. The van der Waals surface area contributed by atoms with Crippen LogP contribution >= 0.6 is 11.3 Å². The van der Waals surface area contributed by atoms with Gasteiger partial charge in [-0.3, -0.25) is 9.69 Å². The van der Waals surface area contributed by atoms with Crippen LogP contribution in [0.1, 0.15) is 35.4 Å². The Kier molecular flexibility index (Phi) is 3.96. The van der Waals surface area contributed by atoms with E-state index < -0.39 is 0 Å². The monoisotopic (exact) mass is 320 g/mol. The average molecular weight is 320 g/mol. The number of nitrogens with zero attached hydrogens (tertiary/aromatic N) is 1. The van der Waals surface area contributed by atoms with Crippen LogP contribution in [0.4, 0.5) is 0 Å². The molecule has 3 heterocycles. The maximum atomic E-state index is 12.4. The third-order valence-electron chi connectivity index (χ3n) is 5.06. The number of rotatable bonds is 4. The number of carbonyl (C=O) groups is 1. The Morgan fingerprint density at radius 2 is 2.27 bits per heavy atom. The first kappa shape index (κ1) is 14.7. The highest BCUT2D eigenvalue weighted by Crippen LogP contribution is 2.33. The molecule has 3 fully saturated rings. The van der Waals surface area contributed by atoms with Crippen LogP contribution < -0.4 is 5.32 Å². The number of ether oxygens (including phenoxy) is 1. The topological polar surface area (TPSA) is 41.6 Å². The number of hydrogen-bond acceptors (Lipinski definition) is 4. The van der Waals surface area contributed by atoms with E-state index in [0.717, 1.165) is 45.4 Å². The van der Waals surface area contributed by atoms with Crippen molar-refractivity contribution in [2.24, 2.45) is 5.92 Å². The molecule has 1 aromatic rings. The molecule has 0 radical (unpaired) electrons. The standard InChI is InChI=1S/C17H24N2O2S/c1-11-2-5-14(22-11)10-19-9-12(17(20)18-13-3-4-13)8-16-15(19)6-7-21-16/h2,5,12-13,15-16H,3-4,6-10H2,1H3,(H,18,20)/t12-,15-,16-/m0/s1. The van der Waals surface area contributed by atoms with E-state index in [1.165, 1.54) is 9.75 Å². The van der Waals surface area contributed by atoms with Crippen molar-refractivity contribution in [3.05, 3.63) is 21.9 Å². The molecule has 4 nitrogen and oxygen atoms in total. The zero-order valence-electron chi connectivity index (χ0n) is 13.1. The highest BCUT2D eigenvalue weighted by atomic mass is 32.1. The van der Waals surface area contributed by atoms with Crippen molar-refractivity contribution in [2.45, 2.75) is 57.3 Å². The summed E-state index contributed by atoms with van der Waals surface area (Å²) in [6, 6.07) is 5.35. The number of hydrogen-bond donors (Lipinski definition) is 1. The van der Waals surface area contributed by atoms with E-state index in [-0.39, 0.29) is 17.9 Å². The quantitative estimate of drug-likeness (QED) is 0.926. The number of likely N-dealkylation sites (tertiary alicyclic amines) is 1. The van der Waals surface area contributed by atoms with Crippen molar-refractivity contribution in [3.63, 3.8) is 0 Å². The summed E-state index contributed by atoms with van der Waals surface area (Å²) in [5.74, 6) is 0.324. The number of fused-ring (bicyclic) bond motifs is 1. The van der Waals surface area contributed by atoms with Crippen LogP contribution in [-0.4, -0.2) is 42.1 Å². The molecule has 2 saturated heterocycles. The van der Waals surface area contributed by atoms with Gasteiger partial charge in [-0.1, -0.05) is 0 Å². The lowest BCUT2D eigenvalue weighted by molar-refractivity contribution is -0.129. The van der Waals surface area contributed by atoms with Crippen molar-refractivity contribution < 1.29 is 9.53 Å². The zero-order valence-corrected chi connectivity index (χ0v) is 13.9. The second-order valence-corrected chi connectivity index (χ2v) is 8.30. The Hall–Kier alpha value is -0.910. The number of piperidine rings is 1. The minimum absolute atomic E-state index is 0.0843. The lowest BCUT2D eigenvalue weighted by atomic mass is 9.89. The smallest absolute Gasteiger partial charge is 0.224 e. The Bertz CT molecular complexity index is 555. The first-order chi connectivity index (χ1) is 10.7. The molecule has 1 saturated carbocycles. The van der Waals surface area contributed by atoms with E-state index in [2.05, 4.69) is 29.3 Å². The molecular formula is C17H24N2O2S. The molecule has 2 aliphatic heterocycles. The zero-order chi connectivity index (χ0) is 15.1. The summed E-state index contributed by atoms with van der Waals surface area (Å²) in [7, 11) is 0. The molecule has 5 heteroatoms. The summed E-state index contributed by atoms with van der Waals surface area (Å²) in [4.78, 5) is 17.7. The van der Waals surface area contributed by atoms with Gasteiger partial charge in [0.2, 0.25) is 5.91 Å². The van der Waals surface area contributed by atoms with Gasteiger partial charge in [-0.05, 0) is 44.7 Å². The van der Waals surface area contributed by atoms with Crippen molar-refractivity contribution in [2.75, 3.05) is 13.2 Å². The Labute approximate surface area is 135 Å². The van der Waals surface area contributed by atoms with E-state index >= 15 is 0 Å². The van der Waals surface area contributed by atoms with Gasteiger partial charge in [0.05, 0.1) is 12.0 Å². The molecule has 120 valence electrons. The summed E-state index contributed by atoms with van der Waals surface area (Å²) in [5.41, 5.74) is 0. The molecular weight excluding hydrogens is 296 g/mol. The third-order valence-corrected chi connectivity index (χ3v) is 6.05. The van der Waals surface area contributed by atoms with Crippen LogP contribution in [0.25, 0.3) is 0 Å². The fourth-order valence-electron chi connectivity index (χ4n) is 3.74. The van der Waals surface area contributed by atoms with Gasteiger partial charge in [0, 0.05) is 41.5 Å². The number of nitrogens with one attached hydrogen (secondary N) is 1. The van der Waals surface area contributed by atoms with E-state index in [9.17, 15) is 4.79 Å². The molecule has 1 amide bonds.